The van der Waals surface area contributed by atoms with Crippen LogP contribution in [0.3, 0.4) is 0 Å². The van der Waals surface area contributed by atoms with E-state index in [1.54, 1.807) is 12.3 Å². The van der Waals surface area contributed by atoms with Crippen molar-refractivity contribution < 1.29 is 9.59 Å². The molecule has 0 saturated carbocycles. The first-order valence-corrected chi connectivity index (χ1v) is 15.0. The number of ketones is 1. The van der Waals surface area contributed by atoms with Gasteiger partial charge in [0.05, 0.1) is 17.6 Å². The van der Waals surface area contributed by atoms with Crippen LogP contribution in [0.4, 0.5) is 0 Å². The van der Waals surface area contributed by atoms with Crippen molar-refractivity contribution in [1.82, 2.24) is 24.7 Å². The summed E-state index contributed by atoms with van der Waals surface area (Å²) in [6.07, 6.45) is 8.07. The van der Waals surface area contributed by atoms with Crippen molar-refractivity contribution in [2.75, 3.05) is 26.2 Å². The molecule has 2 aliphatic heterocycles. The second kappa shape index (κ2) is 12.4. The highest BCUT2D eigenvalue weighted by Gasteiger charge is 2.39. The van der Waals surface area contributed by atoms with Crippen molar-refractivity contribution in [3.8, 4) is 0 Å². The van der Waals surface area contributed by atoms with E-state index in [0.29, 0.717) is 30.9 Å². The Balaban J connectivity index is 1.10. The number of aromatic nitrogens is 2. The Bertz CT molecular complexity index is 1490. The van der Waals surface area contributed by atoms with E-state index in [-0.39, 0.29) is 11.7 Å². The summed E-state index contributed by atoms with van der Waals surface area (Å²) in [6, 6.07) is 22.9. The summed E-state index contributed by atoms with van der Waals surface area (Å²) in [5.74, 6) is 0.0774. The number of hydrogen-bond donors (Lipinski definition) is 1. The molecule has 2 saturated heterocycles. The number of hydrogen-bond acceptors (Lipinski definition) is 5. The second-order valence-corrected chi connectivity index (χ2v) is 11.4. The Kier molecular flexibility index (Phi) is 8.26. The van der Waals surface area contributed by atoms with Crippen LogP contribution in [-0.4, -0.2) is 69.3 Å². The fraction of sp³-hybridized carbons (Fsp3) is 0.382. The minimum atomic E-state index is -0.0275. The highest BCUT2D eigenvalue weighted by molar-refractivity contribution is 6.07. The maximum Gasteiger partial charge on any atom is 0.253 e. The van der Waals surface area contributed by atoms with Crippen molar-refractivity contribution in [3.63, 3.8) is 0 Å². The van der Waals surface area contributed by atoms with Crippen LogP contribution in [0.15, 0.2) is 79.1 Å². The number of aryl methyl sites for hydroxylation is 2. The molecule has 0 spiro atoms. The van der Waals surface area contributed by atoms with Gasteiger partial charge in [0.15, 0.2) is 5.78 Å². The van der Waals surface area contributed by atoms with Gasteiger partial charge in [-0.1, -0.05) is 61.5 Å². The lowest BCUT2D eigenvalue weighted by atomic mass is 10.1. The van der Waals surface area contributed by atoms with Gasteiger partial charge in [0.25, 0.3) is 5.91 Å². The molecule has 6 rings (SSSR count). The molecule has 7 heteroatoms. The summed E-state index contributed by atoms with van der Waals surface area (Å²) >= 11 is 0. The number of pyridine rings is 1. The number of amides is 1. The normalized spacial score (nSPS) is 19.0. The van der Waals surface area contributed by atoms with Crippen molar-refractivity contribution in [2.45, 2.75) is 57.8 Å². The smallest absolute Gasteiger partial charge is 0.253 e. The van der Waals surface area contributed by atoms with Crippen LogP contribution in [-0.2, 0) is 19.5 Å². The zero-order valence-electron chi connectivity index (χ0n) is 23.8. The fourth-order valence-electron chi connectivity index (χ4n) is 6.76. The number of likely N-dealkylation sites (tertiary alicyclic amines) is 1. The van der Waals surface area contributed by atoms with Gasteiger partial charge in [-0.3, -0.25) is 24.4 Å². The number of carbonyl (C=O) groups is 2. The molecule has 7 nitrogen and oxygen atoms in total. The van der Waals surface area contributed by atoms with Gasteiger partial charge in [-0.2, -0.15) is 0 Å². The standard InChI is InChI=1S/C34H39N5O2/c1-2-26-12-8-13-29-30(34(41)36-20-25-10-4-3-5-11-25)23-38(33(26)29)18-9-19-39-27-15-16-28(39)22-37(21-27)24-32(40)31-14-6-7-17-35-31/h3-8,10-14,17,23,27-28H,2,9,15-16,18-22,24H2,1H3,(H,36,41). The maximum atomic E-state index is 13.3. The first-order chi connectivity index (χ1) is 20.1. The third-order valence-electron chi connectivity index (χ3n) is 8.75. The first kappa shape index (κ1) is 27.4. The molecule has 2 aromatic carbocycles. The monoisotopic (exact) mass is 549 g/mol. The predicted molar refractivity (Wildman–Crippen MR) is 162 cm³/mol. The van der Waals surface area contributed by atoms with Gasteiger partial charge in [-0.05, 0) is 48.9 Å². The van der Waals surface area contributed by atoms with Crippen LogP contribution in [0.25, 0.3) is 10.9 Å². The molecule has 0 aliphatic carbocycles. The minimum Gasteiger partial charge on any atom is -0.348 e. The van der Waals surface area contributed by atoms with Crippen LogP contribution in [0.1, 0.15) is 58.2 Å². The van der Waals surface area contributed by atoms with Crippen LogP contribution in [0, 0.1) is 0 Å². The Hall–Kier alpha value is -3.81. The number of fused-ring (bicyclic) bond motifs is 3. The second-order valence-electron chi connectivity index (χ2n) is 11.4. The third kappa shape index (κ3) is 5.97. The van der Waals surface area contributed by atoms with E-state index >= 15 is 0 Å². The van der Waals surface area contributed by atoms with E-state index in [2.05, 4.69) is 56.0 Å². The van der Waals surface area contributed by atoms with E-state index < -0.39 is 0 Å². The largest absolute Gasteiger partial charge is 0.348 e. The number of Topliss-reactive ketones (excluding diaryl/α,β-unsaturated/α-hetero) is 1. The fourth-order valence-corrected chi connectivity index (χ4v) is 6.76. The SMILES string of the molecule is CCc1cccc2c(C(=O)NCc3ccccc3)cn(CCCN3C4CCC3CN(CC(=O)c3ccccn3)C4)c12. The predicted octanol–water partition coefficient (Wildman–Crippen LogP) is 4.95. The average Bonchev–Trinajstić information content (AvgIpc) is 3.50. The molecule has 2 aromatic heterocycles. The molecule has 1 amide bonds. The Morgan fingerprint density at radius 1 is 0.927 bits per heavy atom. The van der Waals surface area contributed by atoms with Gasteiger partial charge in [0.1, 0.15) is 5.69 Å². The molecule has 212 valence electrons. The third-order valence-corrected chi connectivity index (χ3v) is 8.75. The van der Waals surface area contributed by atoms with Gasteiger partial charge in [-0.25, -0.2) is 0 Å². The van der Waals surface area contributed by atoms with Gasteiger partial charge in [0.2, 0.25) is 0 Å². The van der Waals surface area contributed by atoms with Gasteiger partial charge >= 0.3 is 0 Å². The first-order valence-electron chi connectivity index (χ1n) is 15.0. The van der Waals surface area contributed by atoms with Gasteiger partial charge < -0.3 is 9.88 Å². The van der Waals surface area contributed by atoms with Gasteiger partial charge in [-0.15, -0.1) is 0 Å². The average molecular weight is 550 g/mol. The number of nitrogens with one attached hydrogen (secondary N) is 1. The zero-order valence-corrected chi connectivity index (χ0v) is 23.8. The molecule has 2 fully saturated rings. The molecule has 4 aromatic rings. The van der Waals surface area contributed by atoms with E-state index in [9.17, 15) is 9.59 Å². The Morgan fingerprint density at radius 2 is 1.71 bits per heavy atom. The summed E-state index contributed by atoms with van der Waals surface area (Å²) < 4.78 is 2.30. The highest BCUT2D eigenvalue weighted by Crippen LogP contribution is 2.31. The van der Waals surface area contributed by atoms with Crippen LogP contribution < -0.4 is 5.32 Å². The van der Waals surface area contributed by atoms with Gasteiger partial charge in [0, 0.05) is 62.6 Å². The summed E-state index contributed by atoms with van der Waals surface area (Å²) in [7, 11) is 0. The molecule has 2 aliphatic rings. The summed E-state index contributed by atoms with van der Waals surface area (Å²) in [4.78, 5) is 35.3. The molecule has 41 heavy (non-hydrogen) atoms. The van der Waals surface area contributed by atoms with Crippen molar-refractivity contribution in [2.24, 2.45) is 0 Å². The number of rotatable bonds is 11. The van der Waals surface area contributed by atoms with Crippen molar-refractivity contribution in [3.05, 3.63) is 102 Å². The lowest BCUT2D eigenvalue weighted by molar-refractivity contribution is 0.0586. The van der Waals surface area contributed by atoms with E-state index in [1.807, 2.05) is 42.5 Å². The number of nitrogens with zero attached hydrogens (tertiary/aromatic N) is 4. The zero-order chi connectivity index (χ0) is 28.2. The van der Waals surface area contributed by atoms with Crippen LogP contribution in [0.2, 0.25) is 0 Å². The lowest BCUT2D eigenvalue weighted by Gasteiger charge is -2.40. The Labute approximate surface area is 242 Å². The molecule has 2 unspecified atom stereocenters. The number of para-hydroxylation sites is 1. The number of benzene rings is 2. The topological polar surface area (TPSA) is 70.5 Å². The van der Waals surface area contributed by atoms with E-state index in [0.717, 1.165) is 55.5 Å². The maximum absolute atomic E-state index is 13.3. The Morgan fingerprint density at radius 3 is 2.44 bits per heavy atom. The van der Waals surface area contributed by atoms with E-state index in [4.69, 9.17) is 0 Å². The summed E-state index contributed by atoms with van der Waals surface area (Å²) in [5.41, 5.74) is 4.85. The van der Waals surface area contributed by atoms with Crippen LogP contribution in [0.5, 0.6) is 0 Å². The lowest BCUT2D eigenvalue weighted by Crippen LogP contribution is -2.54. The number of piperazine rings is 1. The molecule has 2 bridgehead atoms. The minimum absolute atomic E-state index is 0.0275. The molecule has 2 atom stereocenters. The molecule has 0 radical (unpaired) electrons. The van der Waals surface area contributed by atoms with Crippen molar-refractivity contribution in [1.29, 1.82) is 0 Å². The number of carbonyl (C=O) groups excluding carboxylic acids is 2. The van der Waals surface area contributed by atoms with Crippen LogP contribution >= 0.6 is 0 Å². The molecular weight excluding hydrogens is 510 g/mol. The quantitative estimate of drug-likeness (QED) is 0.268. The van der Waals surface area contributed by atoms with E-state index in [1.165, 1.54) is 23.9 Å². The highest BCUT2D eigenvalue weighted by atomic mass is 16.1. The summed E-state index contributed by atoms with van der Waals surface area (Å²) in [6.45, 7) is 6.92. The molecule has 1 N–H and O–H groups in total. The molecule has 4 heterocycles. The molecular formula is C34H39N5O2. The van der Waals surface area contributed by atoms with Crippen molar-refractivity contribution >= 4 is 22.6 Å². The summed E-state index contributed by atoms with van der Waals surface area (Å²) in [5, 5.41) is 4.15.